The lowest BCUT2D eigenvalue weighted by Gasteiger charge is -2.34. The molecule has 1 aromatic carbocycles. The normalized spacial score (nSPS) is 26.1. The SMILES string of the molecule is O=C(O)C1(Cc2ccc3c(c2)CCC3)CCCNC1. The number of benzene rings is 1. The Labute approximate surface area is 114 Å². The minimum Gasteiger partial charge on any atom is -0.481 e. The van der Waals surface area contributed by atoms with E-state index in [1.165, 1.54) is 29.5 Å². The maximum atomic E-state index is 11.7. The van der Waals surface area contributed by atoms with Gasteiger partial charge in [-0.25, -0.2) is 0 Å². The van der Waals surface area contributed by atoms with Crippen LogP contribution in [-0.4, -0.2) is 24.2 Å². The second-order valence-corrected chi connectivity index (χ2v) is 6.00. The molecule has 1 heterocycles. The molecule has 0 spiro atoms. The van der Waals surface area contributed by atoms with Crippen LogP contribution in [0.1, 0.15) is 36.0 Å². The lowest BCUT2D eigenvalue weighted by atomic mass is 9.75. The molecular weight excluding hydrogens is 238 g/mol. The van der Waals surface area contributed by atoms with Gasteiger partial charge < -0.3 is 10.4 Å². The summed E-state index contributed by atoms with van der Waals surface area (Å²) in [5.41, 5.74) is 3.47. The van der Waals surface area contributed by atoms with Crippen molar-refractivity contribution in [2.75, 3.05) is 13.1 Å². The Balaban J connectivity index is 1.84. The first-order chi connectivity index (χ1) is 9.20. The van der Waals surface area contributed by atoms with Gasteiger partial charge in [0, 0.05) is 6.54 Å². The van der Waals surface area contributed by atoms with E-state index in [1.807, 2.05) is 0 Å². The van der Waals surface area contributed by atoms with E-state index in [-0.39, 0.29) is 0 Å². The number of carbonyl (C=O) groups is 1. The average molecular weight is 259 g/mol. The zero-order valence-electron chi connectivity index (χ0n) is 11.2. The topological polar surface area (TPSA) is 49.3 Å². The molecule has 2 aliphatic rings. The van der Waals surface area contributed by atoms with Crippen LogP contribution in [0.3, 0.4) is 0 Å². The van der Waals surface area contributed by atoms with Crippen molar-refractivity contribution in [1.29, 1.82) is 0 Å². The zero-order valence-corrected chi connectivity index (χ0v) is 11.2. The summed E-state index contributed by atoms with van der Waals surface area (Å²) >= 11 is 0. The number of aryl methyl sites for hydroxylation is 2. The van der Waals surface area contributed by atoms with E-state index in [1.54, 1.807) is 0 Å². The Morgan fingerprint density at radius 1 is 1.26 bits per heavy atom. The van der Waals surface area contributed by atoms with Gasteiger partial charge in [0.1, 0.15) is 0 Å². The van der Waals surface area contributed by atoms with E-state index in [0.717, 1.165) is 25.8 Å². The first kappa shape index (κ1) is 12.7. The quantitative estimate of drug-likeness (QED) is 0.874. The van der Waals surface area contributed by atoms with Crippen LogP contribution in [0.2, 0.25) is 0 Å². The first-order valence-corrected chi connectivity index (χ1v) is 7.24. The summed E-state index contributed by atoms with van der Waals surface area (Å²) in [5.74, 6) is -0.653. The van der Waals surface area contributed by atoms with Crippen LogP contribution in [0, 0.1) is 5.41 Å². The fourth-order valence-corrected chi connectivity index (χ4v) is 3.50. The number of hydrogen-bond acceptors (Lipinski definition) is 2. The monoisotopic (exact) mass is 259 g/mol. The number of aliphatic carboxylic acids is 1. The van der Waals surface area contributed by atoms with Crippen LogP contribution in [0.5, 0.6) is 0 Å². The third-order valence-electron chi connectivity index (χ3n) is 4.63. The lowest BCUT2D eigenvalue weighted by Crippen LogP contribution is -2.47. The van der Waals surface area contributed by atoms with Crippen molar-refractivity contribution >= 4 is 5.97 Å². The Morgan fingerprint density at radius 2 is 2.11 bits per heavy atom. The molecule has 102 valence electrons. The second-order valence-electron chi connectivity index (χ2n) is 6.00. The molecule has 0 aromatic heterocycles. The Bertz CT molecular complexity index is 490. The largest absolute Gasteiger partial charge is 0.481 e. The molecular formula is C16H21NO2. The first-order valence-electron chi connectivity index (χ1n) is 7.24. The van der Waals surface area contributed by atoms with Crippen molar-refractivity contribution < 1.29 is 9.90 Å². The highest BCUT2D eigenvalue weighted by molar-refractivity contribution is 5.75. The minimum atomic E-state index is -0.653. The summed E-state index contributed by atoms with van der Waals surface area (Å²) in [6, 6.07) is 6.56. The van der Waals surface area contributed by atoms with Crippen molar-refractivity contribution in [2.45, 2.75) is 38.5 Å². The van der Waals surface area contributed by atoms with E-state index >= 15 is 0 Å². The highest BCUT2D eigenvalue weighted by Gasteiger charge is 2.39. The van der Waals surface area contributed by atoms with E-state index in [4.69, 9.17) is 0 Å². The van der Waals surface area contributed by atoms with Gasteiger partial charge in [0.25, 0.3) is 0 Å². The maximum Gasteiger partial charge on any atom is 0.311 e. The minimum absolute atomic E-state index is 0.597. The third kappa shape index (κ3) is 2.39. The Morgan fingerprint density at radius 3 is 2.84 bits per heavy atom. The van der Waals surface area contributed by atoms with Crippen LogP contribution in [0.15, 0.2) is 18.2 Å². The molecule has 1 aliphatic heterocycles. The van der Waals surface area contributed by atoms with Crippen molar-refractivity contribution in [2.24, 2.45) is 5.41 Å². The molecule has 1 atom stereocenters. The third-order valence-corrected chi connectivity index (χ3v) is 4.63. The number of rotatable bonds is 3. The molecule has 0 bridgehead atoms. The van der Waals surface area contributed by atoms with E-state index in [9.17, 15) is 9.90 Å². The fourth-order valence-electron chi connectivity index (χ4n) is 3.50. The van der Waals surface area contributed by atoms with Crippen LogP contribution >= 0.6 is 0 Å². The molecule has 0 amide bonds. The zero-order chi connectivity index (χ0) is 13.3. The van der Waals surface area contributed by atoms with Crippen molar-refractivity contribution in [3.63, 3.8) is 0 Å². The van der Waals surface area contributed by atoms with E-state index in [2.05, 4.69) is 23.5 Å². The van der Waals surface area contributed by atoms with Crippen LogP contribution in [0.4, 0.5) is 0 Å². The predicted octanol–water partition coefficient (Wildman–Crippen LogP) is 2.17. The summed E-state index contributed by atoms with van der Waals surface area (Å²) in [6.45, 7) is 1.54. The second kappa shape index (κ2) is 4.97. The van der Waals surface area contributed by atoms with Crippen molar-refractivity contribution in [1.82, 2.24) is 5.32 Å². The molecule has 0 saturated carbocycles. The molecule has 2 N–H and O–H groups in total. The molecule has 1 saturated heterocycles. The summed E-state index contributed by atoms with van der Waals surface area (Å²) < 4.78 is 0. The number of fused-ring (bicyclic) bond motifs is 1. The molecule has 1 unspecified atom stereocenters. The van der Waals surface area contributed by atoms with Crippen LogP contribution in [-0.2, 0) is 24.1 Å². The number of carboxylic acid groups (broad SMARTS) is 1. The van der Waals surface area contributed by atoms with Gasteiger partial charge >= 0.3 is 5.97 Å². The number of carboxylic acids is 1. The van der Waals surface area contributed by atoms with Crippen LogP contribution in [0.25, 0.3) is 0 Å². The number of hydrogen-bond donors (Lipinski definition) is 2. The van der Waals surface area contributed by atoms with Gasteiger partial charge in [-0.05, 0) is 61.8 Å². The summed E-state index contributed by atoms with van der Waals surface area (Å²) in [5, 5.41) is 12.9. The van der Waals surface area contributed by atoms with Gasteiger partial charge in [-0.15, -0.1) is 0 Å². The molecule has 3 nitrogen and oxygen atoms in total. The molecule has 19 heavy (non-hydrogen) atoms. The van der Waals surface area contributed by atoms with Crippen molar-refractivity contribution in [3.8, 4) is 0 Å². The fraction of sp³-hybridized carbons (Fsp3) is 0.562. The number of nitrogens with one attached hydrogen (secondary N) is 1. The standard InChI is InChI=1S/C16H21NO2/c18-15(19)16(7-2-8-17-11-16)10-12-5-6-13-3-1-4-14(13)9-12/h5-6,9,17H,1-4,7-8,10-11H2,(H,18,19). The summed E-state index contributed by atoms with van der Waals surface area (Å²) in [4.78, 5) is 11.7. The van der Waals surface area contributed by atoms with Gasteiger partial charge in [0.2, 0.25) is 0 Å². The van der Waals surface area contributed by atoms with E-state index in [0.29, 0.717) is 13.0 Å². The molecule has 1 aliphatic carbocycles. The highest BCUT2D eigenvalue weighted by Crippen LogP contribution is 2.32. The maximum absolute atomic E-state index is 11.7. The molecule has 3 heteroatoms. The van der Waals surface area contributed by atoms with Gasteiger partial charge in [0.15, 0.2) is 0 Å². The molecule has 1 aromatic rings. The van der Waals surface area contributed by atoms with E-state index < -0.39 is 11.4 Å². The smallest absolute Gasteiger partial charge is 0.311 e. The Hall–Kier alpha value is -1.35. The molecule has 0 radical (unpaired) electrons. The highest BCUT2D eigenvalue weighted by atomic mass is 16.4. The van der Waals surface area contributed by atoms with Gasteiger partial charge in [-0.3, -0.25) is 4.79 Å². The summed E-state index contributed by atoms with van der Waals surface area (Å²) in [7, 11) is 0. The molecule has 1 fully saturated rings. The van der Waals surface area contributed by atoms with Gasteiger partial charge in [-0.2, -0.15) is 0 Å². The Kier molecular flexibility index (Phi) is 3.31. The lowest BCUT2D eigenvalue weighted by molar-refractivity contribution is -0.150. The number of piperidine rings is 1. The molecule has 3 rings (SSSR count). The van der Waals surface area contributed by atoms with Crippen LogP contribution < -0.4 is 5.32 Å². The average Bonchev–Trinajstić information content (AvgIpc) is 2.87. The predicted molar refractivity (Wildman–Crippen MR) is 74.3 cm³/mol. The van der Waals surface area contributed by atoms with Gasteiger partial charge in [0.05, 0.1) is 5.41 Å². The summed E-state index contributed by atoms with van der Waals surface area (Å²) in [6.07, 6.45) is 5.97. The van der Waals surface area contributed by atoms with Crippen molar-refractivity contribution in [3.05, 3.63) is 34.9 Å². The van der Waals surface area contributed by atoms with Gasteiger partial charge in [-0.1, -0.05) is 18.2 Å².